The van der Waals surface area contributed by atoms with Crippen LogP contribution in [0.2, 0.25) is 0 Å². The van der Waals surface area contributed by atoms with Crippen molar-refractivity contribution in [3.63, 3.8) is 0 Å². The van der Waals surface area contributed by atoms with Crippen LogP contribution >= 0.6 is 0 Å². The van der Waals surface area contributed by atoms with Gasteiger partial charge in [-0.1, -0.05) is 33.6 Å². The molecule has 1 saturated carbocycles. The maximum absolute atomic E-state index is 10.1. The number of rotatable bonds is 5. The van der Waals surface area contributed by atoms with Gasteiger partial charge in [0.15, 0.2) is 0 Å². The molecule has 2 nitrogen and oxygen atoms in total. The summed E-state index contributed by atoms with van der Waals surface area (Å²) >= 11 is 0. The predicted octanol–water partition coefficient (Wildman–Crippen LogP) is 2.95. The Balaban J connectivity index is 2.35. The molecule has 0 aromatic carbocycles. The summed E-state index contributed by atoms with van der Waals surface area (Å²) in [5.41, 5.74) is -0.533. The lowest BCUT2D eigenvalue weighted by Crippen LogP contribution is -2.46. The lowest BCUT2D eigenvalue weighted by Gasteiger charge is -2.35. The summed E-state index contributed by atoms with van der Waals surface area (Å²) in [6.07, 6.45) is 5.89. The average Bonchev–Trinajstić information content (AvgIpc) is 2.19. The Morgan fingerprint density at radius 2 is 2.00 bits per heavy atom. The Kier molecular flexibility index (Phi) is 5.26. The van der Waals surface area contributed by atoms with Crippen molar-refractivity contribution in [2.45, 2.75) is 71.4 Å². The zero-order valence-corrected chi connectivity index (χ0v) is 11.4. The molecule has 16 heavy (non-hydrogen) atoms. The summed E-state index contributed by atoms with van der Waals surface area (Å²) in [4.78, 5) is 0. The molecule has 0 amide bonds. The van der Waals surface area contributed by atoms with E-state index in [4.69, 9.17) is 0 Å². The minimum atomic E-state index is -0.533. The molecule has 4 unspecified atom stereocenters. The average molecular weight is 227 g/mol. The maximum atomic E-state index is 10.1. The normalized spacial score (nSPS) is 34.7. The molecule has 2 heteroatoms. The highest BCUT2D eigenvalue weighted by atomic mass is 16.3. The number of hydrogen-bond acceptors (Lipinski definition) is 2. The molecule has 2 N–H and O–H groups in total. The fraction of sp³-hybridized carbons (Fsp3) is 1.00. The summed E-state index contributed by atoms with van der Waals surface area (Å²) in [6, 6.07) is 0.604. The van der Waals surface area contributed by atoms with E-state index in [9.17, 15) is 5.11 Å². The van der Waals surface area contributed by atoms with Crippen LogP contribution in [0.1, 0.15) is 59.8 Å². The standard InChI is InChI=1S/C14H29NO/c1-5-8-14(4,16)10-15-13-9-11(2)6-7-12(13)3/h11-13,15-16H,5-10H2,1-4H3. The highest BCUT2D eigenvalue weighted by Gasteiger charge is 2.27. The van der Waals surface area contributed by atoms with Gasteiger partial charge < -0.3 is 10.4 Å². The molecule has 1 fully saturated rings. The monoisotopic (exact) mass is 227 g/mol. The highest BCUT2D eigenvalue weighted by molar-refractivity contribution is 4.84. The first-order chi connectivity index (χ1) is 7.44. The van der Waals surface area contributed by atoms with E-state index in [1.165, 1.54) is 19.3 Å². The van der Waals surface area contributed by atoms with Gasteiger partial charge in [0, 0.05) is 12.6 Å². The molecule has 96 valence electrons. The summed E-state index contributed by atoms with van der Waals surface area (Å²) in [7, 11) is 0. The van der Waals surface area contributed by atoms with Gasteiger partial charge in [-0.2, -0.15) is 0 Å². The smallest absolute Gasteiger partial charge is 0.0743 e. The molecule has 0 aromatic rings. The molecule has 0 heterocycles. The first-order valence-corrected chi connectivity index (χ1v) is 6.90. The fourth-order valence-electron chi connectivity index (χ4n) is 2.79. The molecule has 0 aliphatic heterocycles. The van der Waals surface area contributed by atoms with E-state index in [2.05, 4.69) is 26.1 Å². The zero-order valence-electron chi connectivity index (χ0n) is 11.4. The van der Waals surface area contributed by atoms with Crippen LogP contribution in [0.3, 0.4) is 0 Å². The van der Waals surface area contributed by atoms with Gasteiger partial charge in [0.1, 0.15) is 0 Å². The van der Waals surface area contributed by atoms with Gasteiger partial charge in [-0.05, 0) is 38.0 Å². The van der Waals surface area contributed by atoms with E-state index in [0.29, 0.717) is 6.04 Å². The van der Waals surface area contributed by atoms with Crippen molar-refractivity contribution in [1.29, 1.82) is 0 Å². The van der Waals surface area contributed by atoms with Crippen LogP contribution in [-0.2, 0) is 0 Å². The van der Waals surface area contributed by atoms with Crippen LogP contribution in [0.15, 0.2) is 0 Å². The Bertz CT molecular complexity index is 203. The SMILES string of the molecule is CCCC(C)(O)CNC1CC(C)CCC1C. The molecule has 0 aromatic heterocycles. The van der Waals surface area contributed by atoms with E-state index in [1.807, 2.05) is 6.92 Å². The van der Waals surface area contributed by atoms with Crippen LogP contribution < -0.4 is 5.32 Å². The van der Waals surface area contributed by atoms with Gasteiger partial charge in [0.25, 0.3) is 0 Å². The molecular weight excluding hydrogens is 198 g/mol. The highest BCUT2D eigenvalue weighted by Crippen LogP contribution is 2.28. The fourth-order valence-corrected chi connectivity index (χ4v) is 2.79. The summed E-state index contributed by atoms with van der Waals surface area (Å²) in [6.45, 7) is 9.48. The van der Waals surface area contributed by atoms with E-state index in [0.717, 1.165) is 31.2 Å². The van der Waals surface area contributed by atoms with Crippen molar-refractivity contribution < 1.29 is 5.11 Å². The quantitative estimate of drug-likeness (QED) is 0.757. The van der Waals surface area contributed by atoms with Crippen molar-refractivity contribution >= 4 is 0 Å². The van der Waals surface area contributed by atoms with Gasteiger partial charge in [0.2, 0.25) is 0 Å². The molecule has 0 bridgehead atoms. The minimum Gasteiger partial charge on any atom is -0.389 e. The van der Waals surface area contributed by atoms with Gasteiger partial charge in [-0.25, -0.2) is 0 Å². The first-order valence-electron chi connectivity index (χ1n) is 6.90. The van der Waals surface area contributed by atoms with Crippen LogP contribution in [0.25, 0.3) is 0 Å². The lowest BCUT2D eigenvalue weighted by atomic mass is 9.80. The van der Waals surface area contributed by atoms with E-state index in [1.54, 1.807) is 0 Å². The second kappa shape index (κ2) is 6.02. The van der Waals surface area contributed by atoms with Gasteiger partial charge in [0.05, 0.1) is 5.60 Å². The number of aliphatic hydroxyl groups is 1. The van der Waals surface area contributed by atoms with Crippen LogP contribution in [0.4, 0.5) is 0 Å². The Labute approximate surface area is 101 Å². The Morgan fingerprint density at radius 3 is 2.62 bits per heavy atom. The zero-order chi connectivity index (χ0) is 12.2. The molecule has 0 radical (unpaired) electrons. The molecule has 4 atom stereocenters. The van der Waals surface area contributed by atoms with Crippen molar-refractivity contribution in [3.05, 3.63) is 0 Å². The third-order valence-corrected chi connectivity index (χ3v) is 3.99. The van der Waals surface area contributed by atoms with Gasteiger partial charge in [-0.3, -0.25) is 0 Å². The van der Waals surface area contributed by atoms with Gasteiger partial charge in [-0.15, -0.1) is 0 Å². The predicted molar refractivity (Wildman–Crippen MR) is 69.5 cm³/mol. The first kappa shape index (κ1) is 14.0. The maximum Gasteiger partial charge on any atom is 0.0743 e. The lowest BCUT2D eigenvalue weighted by molar-refractivity contribution is 0.0417. The topological polar surface area (TPSA) is 32.3 Å². The van der Waals surface area contributed by atoms with Crippen molar-refractivity contribution in [3.8, 4) is 0 Å². The molecule has 1 rings (SSSR count). The van der Waals surface area contributed by atoms with Crippen molar-refractivity contribution in [2.75, 3.05) is 6.54 Å². The van der Waals surface area contributed by atoms with Crippen LogP contribution in [-0.4, -0.2) is 23.3 Å². The Hall–Kier alpha value is -0.0800. The minimum absolute atomic E-state index is 0.533. The number of hydrogen-bond donors (Lipinski definition) is 2. The molecular formula is C14H29NO. The molecule has 0 saturated heterocycles. The summed E-state index contributed by atoms with van der Waals surface area (Å²) < 4.78 is 0. The largest absolute Gasteiger partial charge is 0.389 e. The molecule has 1 aliphatic carbocycles. The van der Waals surface area contributed by atoms with Crippen molar-refractivity contribution in [1.82, 2.24) is 5.32 Å². The molecule has 1 aliphatic rings. The van der Waals surface area contributed by atoms with Crippen LogP contribution in [0, 0.1) is 11.8 Å². The summed E-state index contributed by atoms with van der Waals surface area (Å²) in [5.74, 6) is 1.60. The third-order valence-electron chi connectivity index (χ3n) is 3.99. The second-order valence-corrected chi connectivity index (χ2v) is 6.13. The number of nitrogens with one attached hydrogen (secondary N) is 1. The molecule has 0 spiro atoms. The van der Waals surface area contributed by atoms with Gasteiger partial charge >= 0.3 is 0 Å². The van der Waals surface area contributed by atoms with Crippen molar-refractivity contribution in [2.24, 2.45) is 11.8 Å². The van der Waals surface area contributed by atoms with E-state index >= 15 is 0 Å². The second-order valence-electron chi connectivity index (χ2n) is 6.13. The summed E-state index contributed by atoms with van der Waals surface area (Å²) in [5, 5.41) is 13.7. The van der Waals surface area contributed by atoms with E-state index < -0.39 is 5.60 Å². The Morgan fingerprint density at radius 1 is 1.31 bits per heavy atom. The van der Waals surface area contributed by atoms with Crippen LogP contribution in [0.5, 0.6) is 0 Å². The van der Waals surface area contributed by atoms with E-state index in [-0.39, 0.29) is 0 Å². The third kappa shape index (κ3) is 4.42.